The Balaban J connectivity index is 1.92. The van der Waals surface area contributed by atoms with E-state index in [9.17, 15) is 4.79 Å². The highest BCUT2D eigenvalue weighted by atomic mass is 79.9. The van der Waals surface area contributed by atoms with Crippen LogP contribution in [0.25, 0.3) is 0 Å². The van der Waals surface area contributed by atoms with E-state index >= 15 is 0 Å². The molecular weight excluding hydrogens is 308 g/mol. The summed E-state index contributed by atoms with van der Waals surface area (Å²) in [4.78, 5) is 11.8. The molecule has 0 aliphatic heterocycles. The standard InChI is InChI=1S/C13H15BrN4O/c1-9-12(8-18(2)17-9)15-7-13(19)16-11-6-4-3-5-10(11)14/h3-6,8,15H,7H2,1-2H3,(H,16,19). The molecular formula is C13H15BrN4O. The van der Waals surface area contributed by atoms with Gasteiger partial charge in [0.05, 0.1) is 23.6 Å². The van der Waals surface area contributed by atoms with Gasteiger partial charge in [-0.25, -0.2) is 0 Å². The molecule has 2 N–H and O–H groups in total. The second-order valence-electron chi connectivity index (χ2n) is 4.18. The monoisotopic (exact) mass is 322 g/mol. The van der Waals surface area contributed by atoms with E-state index in [4.69, 9.17) is 0 Å². The number of aryl methyl sites for hydroxylation is 2. The number of nitrogens with one attached hydrogen (secondary N) is 2. The number of rotatable bonds is 4. The van der Waals surface area contributed by atoms with Crippen LogP contribution in [0.2, 0.25) is 0 Å². The molecule has 19 heavy (non-hydrogen) atoms. The second-order valence-corrected chi connectivity index (χ2v) is 5.04. The number of halogens is 1. The van der Waals surface area contributed by atoms with Crippen LogP contribution in [0.1, 0.15) is 5.69 Å². The zero-order valence-electron chi connectivity index (χ0n) is 10.8. The molecule has 0 aliphatic rings. The van der Waals surface area contributed by atoms with Crippen LogP contribution in [0.5, 0.6) is 0 Å². The van der Waals surface area contributed by atoms with Gasteiger partial charge in [-0.05, 0) is 35.0 Å². The van der Waals surface area contributed by atoms with Crippen molar-refractivity contribution in [2.75, 3.05) is 17.2 Å². The van der Waals surface area contributed by atoms with Gasteiger partial charge in [-0.2, -0.15) is 5.10 Å². The molecule has 1 aromatic carbocycles. The lowest BCUT2D eigenvalue weighted by molar-refractivity contribution is -0.114. The van der Waals surface area contributed by atoms with Crippen molar-refractivity contribution in [3.8, 4) is 0 Å². The molecule has 1 heterocycles. The lowest BCUT2D eigenvalue weighted by Gasteiger charge is -2.08. The fourth-order valence-electron chi connectivity index (χ4n) is 1.71. The molecule has 1 aromatic heterocycles. The molecule has 0 spiro atoms. The largest absolute Gasteiger partial charge is 0.373 e. The third-order valence-electron chi connectivity index (χ3n) is 2.60. The second kappa shape index (κ2) is 5.88. The van der Waals surface area contributed by atoms with Crippen LogP contribution in [0.3, 0.4) is 0 Å². The third kappa shape index (κ3) is 3.57. The highest BCUT2D eigenvalue weighted by Crippen LogP contribution is 2.21. The number of carbonyl (C=O) groups excluding carboxylic acids is 1. The fraction of sp³-hybridized carbons (Fsp3) is 0.231. The predicted molar refractivity (Wildman–Crippen MR) is 79.2 cm³/mol. The van der Waals surface area contributed by atoms with Gasteiger partial charge in [0.15, 0.2) is 0 Å². The molecule has 0 saturated carbocycles. The summed E-state index contributed by atoms with van der Waals surface area (Å²) in [5.74, 6) is -0.102. The van der Waals surface area contributed by atoms with E-state index in [1.807, 2.05) is 44.4 Å². The Morgan fingerprint density at radius 1 is 1.37 bits per heavy atom. The van der Waals surface area contributed by atoms with Crippen molar-refractivity contribution in [2.45, 2.75) is 6.92 Å². The molecule has 6 heteroatoms. The van der Waals surface area contributed by atoms with Crippen LogP contribution >= 0.6 is 15.9 Å². The number of carbonyl (C=O) groups is 1. The highest BCUT2D eigenvalue weighted by Gasteiger charge is 2.07. The van der Waals surface area contributed by atoms with E-state index in [0.717, 1.165) is 21.5 Å². The van der Waals surface area contributed by atoms with Crippen molar-refractivity contribution in [3.05, 3.63) is 40.6 Å². The van der Waals surface area contributed by atoms with Gasteiger partial charge in [-0.1, -0.05) is 12.1 Å². The first-order valence-electron chi connectivity index (χ1n) is 5.85. The number of benzene rings is 1. The van der Waals surface area contributed by atoms with Crippen LogP contribution in [0.4, 0.5) is 11.4 Å². The number of anilines is 2. The topological polar surface area (TPSA) is 59.0 Å². The van der Waals surface area contributed by atoms with E-state index in [-0.39, 0.29) is 12.5 Å². The fourth-order valence-corrected chi connectivity index (χ4v) is 2.09. The lowest BCUT2D eigenvalue weighted by Crippen LogP contribution is -2.22. The maximum absolute atomic E-state index is 11.8. The van der Waals surface area contributed by atoms with Gasteiger partial charge in [-0.3, -0.25) is 9.48 Å². The molecule has 2 aromatic rings. The SMILES string of the molecule is Cc1nn(C)cc1NCC(=O)Nc1ccccc1Br. The highest BCUT2D eigenvalue weighted by molar-refractivity contribution is 9.10. The molecule has 0 unspecified atom stereocenters. The number of para-hydroxylation sites is 1. The summed E-state index contributed by atoms with van der Waals surface area (Å²) in [5, 5.41) is 10.1. The Labute approximate surface area is 120 Å². The summed E-state index contributed by atoms with van der Waals surface area (Å²) in [5.41, 5.74) is 2.50. The van der Waals surface area contributed by atoms with Crippen molar-refractivity contribution in [1.82, 2.24) is 9.78 Å². The average Bonchev–Trinajstić information content (AvgIpc) is 2.68. The van der Waals surface area contributed by atoms with Crippen molar-refractivity contribution in [3.63, 3.8) is 0 Å². The van der Waals surface area contributed by atoms with Crippen LogP contribution in [-0.4, -0.2) is 22.2 Å². The summed E-state index contributed by atoms with van der Waals surface area (Å²) in [6.45, 7) is 2.10. The number of hydrogen-bond donors (Lipinski definition) is 2. The van der Waals surface area contributed by atoms with Gasteiger partial charge in [0.25, 0.3) is 0 Å². The van der Waals surface area contributed by atoms with Crippen LogP contribution in [0.15, 0.2) is 34.9 Å². The van der Waals surface area contributed by atoms with Crippen LogP contribution in [0, 0.1) is 6.92 Å². The smallest absolute Gasteiger partial charge is 0.243 e. The number of nitrogens with zero attached hydrogens (tertiary/aromatic N) is 2. The van der Waals surface area contributed by atoms with Crippen LogP contribution in [-0.2, 0) is 11.8 Å². The zero-order chi connectivity index (χ0) is 13.8. The Hall–Kier alpha value is -1.82. The summed E-state index contributed by atoms with van der Waals surface area (Å²) >= 11 is 3.39. The molecule has 0 bridgehead atoms. The van der Waals surface area contributed by atoms with Gasteiger partial charge in [0, 0.05) is 17.7 Å². The Morgan fingerprint density at radius 2 is 2.11 bits per heavy atom. The molecule has 100 valence electrons. The number of aromatic nitrogens is 2. The molecule has 0 atom stereocenters. The number of amides is 1. The quantitative estimate of drug-likeness (QED) is 0.909. The average molecular weight is 323 g/mol. The molecule has 0 aliphatic carbocycles. The minimum absolute atomic E-state index is 0.102. The third-order valence-corrected chi connectivity index (χ3v) is 3.29. The van der Waals surface area contributed by atoms with E-state index in [1.165, 1.54) is 0 Å². The first-order chi connectivity index (χ1) is 9.06. The van der Waals surface area contributed by atoms with E-state index in [0.29, 0.717) is 0 Å². The molecule has 2 rings (SSSR count). The van der Waals surface area contributed by atoms with Gasteiger partial charge in [-0.15, -0.1) is 0 Å². The van der Waals surface area contributed by atoms with E-state index < -0.39 is 0 Å². The van der Waals surface area contributed by atoms with Crippen molar-refractivity contribution in [2.24, 2.45) is 7.05 Å². The van der Waals surface area contributed by atoms with Gasteiger partial charge >= 0.3 is 0 Å². The Kier molecular flexibility index (Phi) is 4.21. The molecule has 0 fully saturated rings. The molecule has 0 saturated heterocycles. The molecule has 5 nitrogen and oxygen atoms in total. The Morgan fingerprint density at radius 3 is 2.74 bits per heavy atom. The number of hydrogen-bond acceptors (Lipinski definition) is 3. The van der Waals surface area contributed by atoms with E-state index in [1.54, 1.807) is 4.68 Å². The summed E-state index contributed by atoms with van der Waals surface area (Å²) < 4.78 is 2.57. The van der Waals surface area contributed by atoms with E-state index in [2.05, 4.69) is 31.7 Å². The Bertz CT molecular complexity index is 594. The lowest BCUT2D eigenvalue weighted by atomic mass is 10.3. The van der Waals surface area contributed by atoms with Gasteiger partial charge in [0.1, 0.15) is 0 Å². The normalized spacial score (nSPS) is 10.3. The van der Waals surface area contributed by atoms with Crippen LogP contribution < -0.4 is 10.6 Å². The van der Waals surface area contributed by atoms with Crippen molar-refractivity contribution >= 4 is 33.2 Å². The first-order valence-corrected chi connectivity index (χ1v) is 6.64. The minimum atomic E-state index is -0.102. The minimum Gasteiger partial charge on any atom is -0.373 e. The maximum Gasteiger partial charge on any atom is 0.243 e. The summed E-state index contributed by atoms with van der Waals surface area (Å²) in [7, 11) is 1.85. The maximum atomic E-state index is 11.8. The summed E-state index contributed by atoms with van der Waals surface area (Å²) in [6, 6.07) is 7.50. The van der Waals surface area contributed by atoms with Crippen molar-refractivity contribution in [1.29, 1.82) is 0 Å². The first kappa shape index (κ1) is 13.6. The zero-order valence-corrected chi connectivity index (χ0v) is 12.4. The van der Waals surface area contributed by atoms with Gasteiger partial charge < -0.3 is 10.6 Å². The summed E-state index contributed by atoms with van der Waals surface area (Å²) in [6.07, 6.45) is 1.85. The molecule has 1 amide bonds. The van der Waals surface area contributed by atoms with Crippen molar-refractivity contribution < 1.29 is 4.79 Å². The van der Waals surface area contributed by atoms with Gasteiger partial charge in [0.2, 0.25) is 5.91 Å². The predicted octanol–water partition coefficient (Wildman–Crippen LogP) is 2.54. The molecule has 0 radical (unpaired) electrons.